The molecule has 1 aromatic rings. The number of halogens is 2. The normalized spacial score (nSPS) is 9.94. The zero-order valence-corrected chi connectivity index (χ0v) is 10.6. The van der Waals surface area contributed by atoms with Crippen LogP contribution in [0.15, 0.2) is 18.2 Å². The Morgan fingerprint density at radius 1 is 1.39 bits per heavy atom. The highest BCUT2D eigenvalue weighted by Crippen LogP contribution is 2.18. The molecule has 1 amide bonds. The summed E-state index contributed by atoms with van der Waals surface area (Å²) in [7, 11) is 0. The minimum absolute atomic E-state index is 0.00422. The maximum absolute atomic E-state index is 13.1. The number of rotatable bonds is 5. The van der Waals surface area contributed by atoms with Crippen LogP contribution in [0.2, 0.25) is 5.02 Å². The fourth-order valence-corrected chi connectivity index (χ4v) is 1.36. The second-order valence-electron chi connectivity index (χ2n) is 3.48. The molecule has 0 unspecified atom stereocenters. The second-order valence-corrected chi connectivity index (χ2v) is 3.89. The van der Waals surface area contributed by atoms with Crippen molar-refractivity contribution in [2.45, 2.75) is 19.8 Å². The third kappa shape index (κ3) is 4.71. The lowest BCUT2D eigenvalue weighted by Gasteiger charge is -2.05. The van der Waals surface area contributed by atoms with Gasteiger partial charge in [0, 0.05) is 12.1 Å². The van der Waals surface area contributed by atoms with Crippen molar-refractivity contribution >= 4 is 29.2 Å². The molecule has 4 nitrogen and oxygen atoms in total. The zero-order valence-electron chi connectivity index (χ0n) is 9.83. The van der Waals surface area contributed by atoms with Crippen LogP contribution in [-0.2, 0) is 14.3 Å². The first-order chi connectivity index (χ1) is 8.52. The predicted octanol–water partition coefficient (Wildman–Crippen LogP) is 2.76. The van der Waals surface area contributed by atoms with Crippen LogP contribution in [0.1, 0.15) is 19.8 Å². The molecular weight excluding hydrogens is 261 g/mol. The van der Waals surface area contributed by atoms with E-state index in [4.69, 9.17) is 11.6 Å². The largest absolute Gasteiger partial charge is 0.466 e. The standard InChI is InChI=1S/C12H13ClFNO3/c1-2-18-12(17)6-5-11(16)15-8-3-4-9(13)10(14)7-8/h3-4,7H,2,5-6H2,1H3,(H,15,16). The van der Waals surface area contributed by atoms with Crippen molar-refractivity contribution in [3.05, 3.63) is 29.0 Å². The van der Waals surface area contributed by atoms with Gasteiger partial charge in [-0.05, 0) is 25.1 Å². The summed E-state index contributed by atoms with van der Waals surface area (Å²) >= 11 is 5.51. The first-order valence-corrected chi connectivity index (χ1v) is 5.81. The Morgan fingerprint density at radius 3 is 2.72 bits per heavy atom. The van der Waals surface area contributed by atoms with E-state index in [1.807, 2.05) is 0 Å². The van der Waals surface area contributed by atoms with E-state index in [0.29, 0.717) is 5.69 Å². The van der Waals surface area contributed by atoms with Crippen LogP contribution in [0.5, 0.6) is 0 Å². The number of esters is 1. The van der Waals surface area contributed by atoms with Gasteiger partial charge in [-0.1, -0.05) is 11.6 Å². The molecule has 0 aliphatic heterocycles. The second kappa shape index (κ2) is 6.96. The number of carbonyl (C=O) groups excluding carboxylic acids is 2. The van der Waals surface area contributed by atoms with Crippen molar-refractivity contribution < 1.29 is 18.7 Å². The summed E-state index contributed by atoms with van der Waals surface area (Å²) in [5, 5.41) is 2.45. The van der Waals surface area contributed by atoms with Crippen LogP contribution in [0.4, 0.5) is 10.1 Å². The Kier molecular flexibility index (Phi) is 5.58. The Hall–Kier alpha value is -1.62. The highest BCUT2D eigenvalue weighted by atomic mass is 35.5. The number of hydrogen-bond acceptors (Lipinski definition) is 3. The maximum Gasteiger partial charge on any atom is 0.306 e. The smallest absolute Gasteiger partial charge is 0.306 e. The molecule has 98 valence electrons. The summed E-state index contributed by atoms with van der Waals surface area (Å²) in [6.07, 6.45) is -0.0151. The van der Waals surface area contributed by atoms with Gasteiger partial charge in [-0.15, -0.1) is 0 Å². The van der Waals surface area contributed by atoms with E-state index >= 15 is 0 Å². The average molecular weight is 274 g/mol. The van der Waals surface area contributed by atoms with E-state index in [1.165, 1.54) is 12.1 Å². The molecule has 0 saturated heterocycles. The molecule has 0 aliphatic rings. The molecule has 0 bridgehead atoms. The minimum atomic E-state index is -0.611. The SMILES string of the molecule is CCOC(=O)CCC(=O)Nc1ccc(Cl)c(F)c1. The first-order valence-electron chi connectivity index (χ1n) is 5.43. The number of nitrogens with one attached hydrogen (secondary N) is 1. The molecule has 0 atom stereocenters. The third-order valence-corrected chi connectivity index (χ3v) is 2.37. The first kappa shape index (κ1) is 14.4. The van der Waals surface area contributed by atoms with Gasteiger partial charge in [0.15, 0.2) is 0 Å². The van der Waals surface area contributed by atoms with Gasteiger partial charge in [-0.25, -0.2) is 4.39 Å². The minimum Gasteiger partial charge on any atom is -0.466 e. The molecule has 0 spiro atoms. The monoisotopic (exact) mass is 273 g/mol. The van der Waals surface area contributed by atoms with Crippen molar-refractivity contribution in [2.75, 3.05) is 11.9 Å². The lowest BCUT2D eigenvalue weighted by molar-refractivity contribution is -0.144. The summed E-state index contributed by atoms with van der Waals surface area (Å²) in [4.78, 5) is 22.5. The fraction of sp³-hybridized carbons (Fsp3) is 0.333. The van der Waals surface area contributed by atoms with Gasteiger partial charge in [0.25, 0.3) is 0 Å². The van der Waals surface area contributed by atoms with Gasteiger partial charge in [-0.2, -0.15) is 0 Å². The lowest BCUT2D eigenvalue weighted by Crippen LogP contribution is -2.14. The average Bonchev–Trinajstić information content (AvgIpc) is 2.32. The van der Waals surface area contributed by atoms with E-state index in [9.17, 15) is 14.0 Å². The highest BCUT2D eigenvalue weighted by Gasteiger charge is 2.08. The van der Waals surface area contributed by atoms with Gasteiger partial charge < -0.3 is 10.1 Å². The van der Waals surface area contributed by atoms with Gasteiger partial charge >= 0.3 is 5.97 Å². The molecule has 0 fully saturated rings. The summed E-state index contributed by atoms with van der Waals surface area (Å²) in [5.74, 6) is -1.43. The van der Waals surface area contributed by atoms with Crippen LogP contribution < -0.4 is 5.32 Å². The van der Waals surface area contributed by atoms with Crippen LogP contribution in [-0.4, -0.2) is 18.5 Å². The molecule has 1 aromatic carbocycles. The number of carbonyl (C=O) groups is 2. The van der Waals surface area contributed by atoms with Crippen LogP contribution in [0.3, 0.4) is 0 Å². The Labute approximate surface area is 109 Å². The Balaban J connectivity index is 2.44. The highest BCUT2D eigenvalue weighted by molar-refractivity contribution is 6.30. The lowest BCUT2D eigenvalue weighted by atomic mass is 10.2. The molecule has 0 aliphatic carbocycles. The molecule has 18 heavy (non-hydrogen) atoms. The van der Waals surface area contributed by atoms with Crippen molar-refractivity contribution in [3.8, 4) is 0 Å². The molecule has 6 heteroatoms. The molecule has 0 aromatic heterocycles. The van der Waals surface area contributed by atoms with Gasteiger partial charge in [0.2, 0.25) is 5.91 Å². The van der Waals surface area contributed by atoms with E-state index < -0.39 is 11.8 Å². The number of ether oxygens (including phenoxy) is 1. The summed E-state index contributed by atoms with van der Waals surface area (Å²) < 4.78 is 17.8. The summed E-state index contributed by atoms with van der Waals surface area (Å²) in [5.41, 5.74) is 0.297. The fourth-order valence-electron chi connectivity index (χ4n) is 1.25. The predicted molar refractivity (Wildman–Crippen MR) is 65.9 cm³/mol. The zero-order chi connectivity index (χ0) is 13.5. The topological polar surface area (TPSA) is 55.4 Å². The van der Waals surface area contributed by atoms with E-state index in [1.54, 1.807) is 6.92 Å². The van der Waals surface area contributed by atoms with E-state index in [0.717, 1.165) is 6.07 Å². The number of benzene rings is 1. The van der Waals surface area contributed by atoms with Crippen LogP contribution in [0.25, 0.3) is 0 Å². The Bertz CT molecular complexity index is 451. The van der Waals surface area contributed by atoms with Crippen molar-refractivity contribution in [1.29, 1.82) is 0 Å². The van der Waals surface area contributed by atoms with E-state index in [2.05, 4.69) is 10.1 Å². The molecule has 1 N–H and O–H groups in total. The van der Waals surface area contributed by atoms with Crippen molar-refractivity contribution in [3.63, 3.8) is 0 Å². The van der Waals surface area contributed by atoms with Gasteiger partial charge in [-0.3, -0.25) is 9.59 Å². The van der Waals surface area contributed by atoms with Crippen LogP contribution >= 0.6 is 11.6 Å². The number of anilines is 1. The van der Waals surface area contributed by atoms with E-state index in [-0.39, 0.29) is 30.4 Å². The molecule has 0 heterocycles. The Morgan fingerprint density at radius 2 is 2.11 bits per heavy atom. The third-order valence-electron chi connectivity index (χ3n) is 2.06. The summed E-state index contributed by atoms with van der Waals surface area (Å²) in [6, 6.07) is 3.94. The molecule has 1 rings (SSSR count). The van der Waals surface area contributed by atoms with Crippen LogP contribution in [0, 0.1) is 5.82 Å². The number of hydrogen-bond donors (Lipinski definition) is 1. The quantitative estimate of drug-likeness (QED) is 0.839. The molecular formula is C12H13ClFNO3. The van der Waals surface area contributed by atoms with Gasteiger partial charge in [0.05, 0.1) is 18.1 Å². The molecule has 0 radical (unpaired) electrons. The molecule has 0 saturated carbocycles. The van der Waals surface area contributed by atoms with Gasteiger partial charge in [0.1, 0.15) is 5.82 Å². The van der Waals surface area contributed by atoms with Crippen molar-refractivity contribution in [1.82, 2.24) is 0 Å². The maximum atomic E-state index is 13.1. The number of amides is 1. The summed E-state index contributed by atoms with van der Waals surface area (Å²) in [6.45, 7) is 1.97. The van der Waals surface area contributed by atoms with Crippen molar-refractivity contribution in [2.24, 2.45) is 0 Å².